The van der Waals surface area contributed by atoms with Crippen LogP contribution < -0.4 is 30.6 Å². The average Bonchev–Trinajstić information content (AvgIpc) is 2.64. The fourth-order valence-corrected chi connectivity index (χ4v) is 0.773. The van der Waals surface area contributed by atoms with Crippen molar-refractivity contribution in [3.8, 4) is 0 Å². The molecule has 0 rings (SSSR count). The van der Waals surface area contributed by atoms with Gasteiger partial charge in [-0.15, -0.1) is 0 Å². The molecule has 0 saturated heterocycles. The number of carboxylic acids is 6. The van der Waals surface area contributed by atoms with Crippen LogP contribution in [-0.4, -0.2) is 155 Å². The van der Waals surface area contributed by atoms with Gasteiger partial charge >= 0.3 is 52.4 Å². The van der Waals surface area contributed by atoms with E-state index in [1.807, 2.05) is 0 Å². The minimum atomic E-state index is -2.44. The molecule has 6 atom stereocenters. The van der Waals surface area contributed by atoms with E-state index in [-0.39, 0.29) is 52.4 Å². The molecule has 0 spiro atoms. The monoisotopic (exact) mass is 862 g/mol. The summed E-state index contributed by atoms with van der Waals surface area (Å²) >= 11 is 0. The summed E-state index contributed by atoms with van der Waals surface area (Å²) in [5.74, 6) is -12.4. The molecular weight excluding hydrogens is 850 g/mol. The standard InChI is InChI=1S/3C4H6O6.2Bi/c3*5-1(3(7)8)2(6)4(9)10;;/h3*1-2,5-6H,(H,7,8)(H,9,10);;/q;;;2*+3/p-6/t3*1-,2-;;/m111../s1. The third-order valence-electron chi connectivity index (χ3n) is 2.35. The van der Waals surface area contributed by atoms with E-state index in [4.69, 9.17) is 30.6 Å². The van der Waals surface area contributed by atoms with Crippen LogP contribution in [0.2, 0.25) is 0 Å². The first-order valence-corrected chi connectivity index (χ1v) is 6.73. The Kier molecular flexibility index (Phi) is 25.4. The normalized spacial score (nSPS) is 14.8. The number of aliphatic carboxylic acids is 6. The summed E-state index contributed by atoms with van der Waals surface area (Å²) in [6.07, 6.45) is -14.6. The molecule has 0 aliphatic heterocycles. The van der Waals surface area contributed by atoms with Crippen molar-refractivity contribution in [2.24, 2.45) is 0 Å². The number of aliphatic hydroxyl groups excluding tert-OH is 6. The maximum atomic E-state index is 9.63. The second-order valence-corrected chi connectivity index (χ2v) is 4.58. The first-order valence-electron chi connectivity index (χ1n) is 6.73. The van der Waals surface area contributed by atoms with E-state index in [2.05, 4.69) is 0 Å². The zero-order valence-corrected chi connectivity index (χ0v) is 21.9. The van der Waals surface area contributed by atoms with Gasteiger partial charge in [0.1, 0.15) is 36.6 Å². The Morgan fingerprint density at radius 2 is 0.406 bits per heavy atom. The van der Waals surface area contributed by atoms with Crippen LogP contribution in [0.5, 0.6) is 0 Å². The van der Waals surface area contributed by atoms with Crippen molar-refractivity contribution in [2.45, 2.75) is 36.6 Å². The molecule has 0 bridgehead atoms. The van der Waals surface area contributed by atoms with Crippen LogP contribution in [0.25, 0.3) is 0 Å². The van der Waals surface area contributed by atoms with E-state index in [1.165, 1.54) is 0 Å². The van der Waals surface area contributed by atoms with Gasteiger partial charge in [0.15, 0.2) is 0 Å². The molecule has 0 aliphatic rings. The van der Waals surface area contributed by atoms with E-state index in [0.29, 0.717) is 0 Å². The second-order valence-electron chi connectivity index (χ2n) is 4.58. The third-order valence-corrected chi connectivity index (χ3v) is 2.35. The molecule has 0 aromatic heterocycles. The van der Waals surface area contributed by atoms with Crippen molar-refractivity contribution in [3.05, 3.63) is 0 Å². The van der Waals surface area contributed by atoms with Crippen LogP contribution in [0.15, 0.2) is 0 Å². The predicted molar refractivity (Wildman–Crippen MR) is 77.6 cm³/mol. The first-order chi connectivity index (χ1) is 13.4. The topological polar surface area (TPSA) is 362 Å². The predicted octanol–water partition coefficient (Wildman–Crippen LogP) is -15.1. The molecule has 0 fully saturated rings. The van der Waals surface area contributed by atoms with Gasteiger partial charge in [-0.05, 0) is 0 Å². The largest absolute Gasteiger partial charge is 3.00 e. The summed E-state index contributed by atoms with van der Waals surface area (Å²) in [4.78, 5) is 57.8. The van der Waals surface area contributed by atoms with E-state index in [9.17, 15) is 59.4 Å². The summed E-state index contributed by atoms with van der Waals surface area (Å²) in [5.41, 5.74) is 0. The van der Waals surface area contributed by atoms with Crippen LogP contribution >= 0.6 is 0 Å². The van der Waals surface area contributed by atoms with Crippen molar-refractivity contribution in [1.82, 2.24) is 0 Å². The van der Waals surface area contributed by atoms with Gasteiger partial charge < -0.3 is 90.0 Å². The van der Waals surface area contributed by atoms with Crippen molar-refractivity contribution in [3.63, 3.8) is 0 Å². The summed E-state index contributed by atoms with van der Waals surface area (Å²) in [5, 5.41) is 107. The molecule has 20 heteroatoms. The molecule has 178 valence electrons. The van der Waals surface area contributed by atoms with Crippen molar-refractivity contribution in [1.29, 1.82) is 0 Å². The Balaban J connectivity index is -0.000000110. The number of carbonyl (C=O) groups is 6. The van der Waals surface area contributed by atoms with Gasteiger partial charge in [0, 0.05) is 0 Å². The fraction of sp³-hybridized carbons (Fsp3) is 0.500. The Labute approximate surface area is 214 Å². The molecule has 0 aliphatic carbocycles. The van der Waals surface area contributed by atoms with Crippen LogP contribution in [0.1, 0.15) is 0 Å². The zero-order valence-electron chi connectivity index (χ0n) is 14.9. The summed E-state index contributed by atoms with van der Waals surface area (Å²) in [7, 11) is 0. The van der Waals surface area contributed by atoms with Crippen molar-refractivity contribution in [2.75, 3.05) is 0 Å². The maximum absolute atomic E-state index is 9.63. The SMILES string of the molecule is O=C([O-])[C@H](O)[C@@H](O)C(=O)[O-].O=C([O-])[C@H](O)[C@@H](O)C(=O)[O-].O=C([O-])[C@H](O)[C@@H](O)C(=O)[O-].[Bi+3].[Bi+3]. The molecule has 32 heavy (non-hydrogen) atoms. The van der Waals surface area contributed by atoms with Gasteiger partial charge in [-0.1, -0.05) is 0 Å². The number of hydrogen-bond donors (Lipinski definition) is 6. The maximum Gasteiger partial charge on any atom is 3.00 e. The molecule has 0 aromatic carbocycles. The van der Waals surface area contributed by atoms with Crippen LogP contribution in [0.3, 0.4) is 0 Å². The molecule has 6 N–H and O–H groups in total. The summed E-state index contributed by atoms with van der Waals surface area (Å²) < 4.78 is 0. The van der Waals surface area contributed by atoms with Crippen LogP contribution in [0.4, 0.5) is 0 Å². The average molecular weight is 862 g/mol. The number of hydrogen-bond acceptors (Lipinski definition) is 18. The Bertz CT molecular complexity index is 498. The Morgan fingerprint density at radius 3 is 0.438 bits per heavy atom. The number of rotatable bonds is 9. The van der Waals surface area contributed by atoms with Gasteiger partial charge in [-0.2, -0.15) is 0 Å². The number of aliphatic hydroxyl groups is 6. The summed E-state index contributed by atoms with van der Waals surface area (Å²) in [6, 6.07) is 0. The van der Waals surface area contributed by atoms with E-state index in [0.717, 1.165) is 0 Å². The molecule has 18 nitrogen and oxygen atoms in total. The van der Waals surface area contributed by atoms with Crippen LogP contribution in [0, 0.1) is 0 Å². The zero-order chi connectivity index (χ0) is 24.9. The minimum Gasteiger partial charge on any atom is -0.547 e. The van der Waals surface area contributed by atoms with Gasteiger partial charge in [0.05, 0.1) is 35.8 Å². The molecule has 0 unspecified atom stereocenters. The van der Waals surface area contributed by atoms with E-state index >= 15 is 0 Å². The first kappa shape index (κ1) is 40.7. The number of carbonyl (C=O) groups excluding carboxylic acids is 6. The van der Waals surface area contributed by atoms with Gasteiger partial charge in [-0.3, -0.25) is 0 Å². The molecule has 0 heterocycles. The van der Waals surface area contributed by atoms with Crippen molar-refractivity contribution < 1.29 is 90.0 Å². The number of carboxylic acid groups (broad SMARTS) is 6. The fourth-order valence-electron chi connectivity index (χ4n) is 0.773. The van der Waals surface area contributed by atoms with Gasteiger partial charge in [-0.25, -0.2) is 0 Å². The quantitative estimate of drug-likeness (QED) is 0.117. The van der Waals surface area contributed by atoms with Crippen LogP contribution in [-0.2, 0) is 28.8 Å². The molecule has 0 amide bonds. The van der Waals surface area contributed by atoms with Crippen molar-refractivity contribution >= 4 is 88.2 Å². The molecule has 4 radical (unpaired) electrons. The van der Waals surface area contributed by atoms with E-state index < -0.39 is 72.4 Å². The molecular formula is C12H12Bi2O18. The molecule has 0 aromatic rings. The van der Waals surface area contributed by atoms with Gasteiger partial charge in [0.2, 0.25) is 0 Å². The van der Waals surface area contributed by atoms with Gasteiger partial charge in [0.25, 0.3) is 0 Å². The summed E-state index contributed by atoms with van der Waals surface area (Å²) in [6.45, 7) is 0. The molecule has 0 saturated carbocycles. The smallest absolute Gasteiger partial charge is 0.547 e. The Morgan fingerprint density at radius 1 is 0.344 bits per heavy atom. The Hall–Kier alpha value is -1.65. The third kappa shape index (κ3) is 18.0. The minimum absolute atomic E-state index is 0. The van der Waals surface area contributed by atoms with E-state index in [1.54, 1.807) is 0 Å². The second kappa shape index (κ2) is 20.0.